The first kappa shape index (κ1) is 13.2. The maximum absolute atomic E-state index is 12.0. The Labute approximate surface area is 111 Å². The molecule has 0 aliphatic carbocycles. The van der Waals surface area contributed by atoms with Crippen LogP contribution in [-0.2, 0) is 16.6 Å². The lowest BCUT2D eigenvalue weighted by atomic mass is 10.2. The predicted octanol–water partition coefficient (Wildman–Crippen LogP) is 1.43. The Morgan fingerprint density at radius 1 is 1.21 bits per heavy atom. The van der Waals surface area contributed by atoms with E-state index in [1.54, 1.807) is 36.7 Å². The van der Waals surface area contributed by atoms with Crippen LogP contribution in [0.4, 0.5) is 0 Å². The molecule has 0 radical (unpaired) electrons. The van der Waals surface area contributed by atoms with E-state index in [-0.39, 0.29) is 11.4 Å². The molecular weight excluding hydrogens is 262 g/mol. The summed E-state index contributed by atoms with van der Waals surface area (Å²) in [5.74, 6) is 0. The number of hydrogen-bond acceptors (Lipinski definition) is 4. The molecule has 19 heavy (non-hydrogen) atoms. The van der Waals surface area contributed by atoms with E-state index in [1.807, 2.05) is 6.07 Å². The van der Waals surface area contributed by atoms with Crippen LogP contribution in [0.5, 0.6) is 0 Å². The lowest BCUT2D eigenvalue weighted by molar-refractivity contribution is 0.581. The Morgan fingerprint density at radius 3 is 2.63 bits per heavy atom. The first-order valence-electron chi connectivity index (χ1n) is 5.50. The summed E-state index contributed by atoms with van der Waals surface area (Å²) in [6.45, 7) is 0.182. The van der Waals surface area contributed by atoms with Gasteiger partial charge in [-0.2, -0.15) is 5.26 Å². The van der Waals surface area contributed by atoms with E-state index < -0.39 is 10.0 Å². The Kier molecular flexibility index (Phi) is 3.90. The normalized spacial score (nSPS) is 10.9. The van der Waals surface area contributed by atoms with E-state index in [0.29, 0.717) is 5.56 Å². The van der Waals surface area contributed by atoms with Crippen molar-refractivity contribution in [2.75, 3.05) is 0 Å². The lowest BCUT2D eigenvalue weighted by Gasteiger charge is -2.06. The minimum Gasteiger partial charge on any atom is -0.265 e. The van der Waals surface area contributed by atoms with Crippen LogP contribution in [0.3, 0.4) is 0 Å². The molecule has 2 aromatic rings. The van der Waals surface area contributed by atoms with E-state index >= 15 is 0 Å². The molecule has 0 saturated carbocycles. The van der Waals surface area contributed by atoms with Crippen molar-refractivity contribution in [1.82, 2.24) is 9.71 Å². The number of nitrogens with zero attached hydrogens (tertiary/aromatic N) is 2. The number of sulfonamides is 1. The number of benzene rings is 1. The molecule has 0 atom stereocenters. The summed E-state index contributed by atoms with van der Waals surface area (Å²) in [6.07, 6.45) is 3.19. The first-order chi connectivity index (χ1) is 9.12. The molecule has 0 saturated heterocycles. The van der Waals surface area contributed by atoms with E-state index in [4.69, 9.17) is 5.26 Å². The van der Waals surface area contributed by atoms with Crippen molar-refractivity contribution in [2.24, 2.45) is 0 Å². The number of nitriles is 1. The van der Waals surface area contributed by atoms with Crippen LogP contribution in [0.25, 0.3) is 0 Å². The fraction of sp³-hybridized carbons (Fsp3) is 0.0769. The standard InChI is InChI=1S/C13H11N3O2S/c14-9-12-2-1-3-13(8-12)19(17,18)16-10-11-4-6-15-7-5-11/h1-8,16H,10H2. The summed E-state index contributed by atoms with van der Waals surface area (Å²) >= 11 is 0. The molecule has 2 rings (SSSR count). The zero-order valence-corrected chi connectivity index (χ0v) is 10.8. The van der Waals surface area contributed by atoms with Crippen molar-refractivity contribution in [3.8, 4) is 6.07 Å². The highest BCUT2D eigenvalue weighted by Crippen LogP contribution is 2.11. The van der Waals surface area contributed by atoms with Gasteiger partial charge in [-0.1, -0.05) is 6.07 Å². The van der Waals surface area contributed by atoms with Crippen LogP contribution in [0.2, 0.25) is 0 Å². The molecule has 1 heterocycles. The van der Waals surface area contributed by atoms with Crippen molar-refractivity contribution in [3.63, 3.8) is 0 Å². The van der Waals surface area contributed by atoms with Gasteiger partial charge in [0.05, 0.1) is 16.5 Å². The quantitative estimate of drug-likeness (QED) is 0.913. The summed E-state index contributed by atoms with van der Waals surface area (Å²) in [6, 6.07) is 11.3. The molecule has 0 aliphatic rings. The summed E-state index contributed by atoms with van der Waals surface area (Å²) in [5, 5.41) is 8.76. The van der Waals surface area contributed by atoms with Crippen LogP contribution in [0.15, 0.2) is 53.7 Å². The fourth-order valence-corrected chi connectivity index (χ4v) is 2.56. The van der Waals surface area contributed by atoms with Crippen LogP contribution in [0.1, 0.15) is 11.1 Å². The molecule has 0 unspecified atom stereocenters. The molecule has 5 nitrogen and oxygen atoms in total. The van der Waals surface area contributed by atoms with Crippen LogP contribution >= 0.6 is 0 Å². The highest BCUT2D eigenvalue weighted by atomic mass is 32.2. The minimum atomic E-state index is -3.61. The van der Waals surface area contributed by atoms with Gasteiger partial charge >= 0.3 is 0 Å². The summed E-state index contributed by atoms with van der Waals surface area (Å²) < 4.78 is 26.6. The highest BCUT2D eigenvalue weighted by molar-refractivity contribution is 7.89. The molecule has 96 valence electrons. The monoisotopic (exact) mass is 273 g/mol. The zero-order chi connectivity index (χ0) is 13.7. The topological polar surface area (TPSA) is 82.8 Å². The Hall–Kier alpha value is -2.23. The van der Waals surface area contributed by atoms with E-state index in [2.05, 4.69) is 9.71 Å². The Morgan fingerprint density at radius 2 is 1.95 bits per heavy atom. The third-order valence-corrected chi connectivity index (χ3v) is 3.89. The van der Waals surface area contributed by atoms with E-state index in [0.717, 1.165) is 5.56 Å². The third-order valence-electron chi connectivity index (χ3n) is 2.49. The number of hydrogen-bond donors (Lipinski definition) is 1. The SMILES string of the molecule is N#Cc1cccc(S(=O)(=O)NCc2ccncc2)c1. The van der Waals surface area contributed by atoms with Gasteiger partial charge in [0.25, 0.3) is 0 Å². The molecule has 0 fully saturated rings. The van der Waals surface area contributed by atoms with Crippen molar-refractivity contribution in [3.05, 3.63) is 59.9 Å². The molecule has 0 amide bonds. The van der Waals surface area contributed by atoms with Crippen LogP contribution in [-0.4, -0.2) is 13.4 Å². The number of rotatable bonds is 4. The maximum atomic E-state index is 12.0. The van der Waals surface area contributed by atoms with Crippen LogP contribution in [0, 0.1) is 11.3 Å². The number of aromatic nitrogens is 1. The molecule has 0 bridgehead atoms. The average molecular weight is 273 g/mol. The first-order valence-corrected chi connectivity index (χ1v) is 6.99. The van der Waals surface area contributed by atoms with Gasteiger partial charge in [-0.3, -0.25) is 4.98 Å². The van der Waals surface area contributed by atoms with Gasteiger partial charge in [-0.15, -0.1) is 0 Å². The average Bonchev–Trinajstić information content (AvgIpc) is 2.46. The Bertz CT molecular complexity index is 706. The Balaban J connectivity index is 2.17. The van der Waals surface area contributed by atoms with Gasteiger partial charge in [0, 0.05) is 18.9 Å². The number of pyridine rings is 1. The van der Waals surface area contributed by atoms with Gasteiger partial charge in [0.1, 0.15) is 0 Å². The van der Waals surface area contributed by atoms with Crippen molar-refractivity contribution < 1.29 is 8.42 Å². The smallest absolute Gasteiger partial charge is 0.240 e. The largest absolute Gasteiger partial charge is 0.265 e. The second-order valence-corrected chi connectivity index (χ2v) is 5.59. The van der Waals surface area contributed by atoms with Crippen molar-refractivity contribution in [1.29, 1.82) is 5.26 Å². The lowest BCUT2D eigenvalue weighted by Crippen LogP contribution is -2.23. The third kappa shape index (κ3) is 3.37. The summed E-state index contributed by atoms with van der Waals surface area (Å²) in [7, 11) is -3.61. The highest BCUT2D eigenvalue weighted by Gasteiger charge is 2.13. The van der Waals surface area contributed by atoms with Gasteiger partial charge in [-0.05, 0) is 35.9 Å². The molecule has 1 aromatic carbocycles. The summed E-state index contributed by atoms with van der Waals surface area (Å²) in [5.41, 5.74) is 1.13. The van der Waals surface area contributed by atoms with E-state index in [1.165, 1.54) is 12.1 Å². The maximum Gasteiger partial charge on any atom is 0.240 e. The van der Waals surface area contributed by atoms with Crippen molar-refractivity contribution in [2.45, 2.75) is 11.4 Å². The van der Waals surface area contributed by atoms with Gasteiger partial charge in [0.15, 0.2) is 0 Å². The predicted molar refractivity (Wildman–Crippen MR) is 69.4 cm³/mol. The molecule has 1 N–H and O–H groups in total. The van der Waals surface area contributed by atoms with Gasteiger partial charge in [-0.25, -0.2) is 13.1 Å². The number of nitrogens with one attached hydrogen (secondary N) is 1. The van der Waals surface area contributed by atoms with Crippen LogP contribution < -0.4 is 4.72 Å². The minimum absolute atomic E-state index is 0.0839. The van der Waals surface area contributed by atoms with Crippen molar-refractivity contribution >= 4 is 10.0 Å². The van der Waals surface area contributed by atoms with Gasteiger partial charge < -0.3 is 0 Å². The molecule has 1 aromatic heterocycles. The summed E-state index contributed by atoms with van der Waals surface area (Å²) in [4.78, 5) is 3.94. The second-order valence-electron chi connectivity index (χ2n) is 3.82. The molecule has 0 aliphatic heterocycles. The fourth-order valence-electron chi connectivity index (χ4n) is 1.50. The zero-order valence-electron chi connectivity index (χ0n) is 9.95. The molecule has 0 spiro atoms. The second kappa shape index (κ2) is 5.61. The molecular formula is C13H11N3O2S. The molecule has 6 heteroatoms. The van der Waals surface area contributed by atoms with E-state index in [9.17, 15) is 8.42 Å². The van der Waals surface area contributed by atoms with Gasteiger partial charge in [0.2, 0.25) is 10.0 Å².